The molecule has 112 valence electrons. The van der Waals surface area contributed by atoms with Gasteiger partial charge in [-0.3, -0.25) is 9.59 Å². The smallest absolute Gasteiger partial charge is 0.196 e. The number of carbonyl (C=O) groups is 2. The van der Waals surface area contributed by atoms with E-state index in [1.165, 1.54) is 0 Å². The lowest BCUT2D eigenvalue weighted by atomic mass is 9.80. The van der Waals surface area contributed by atoms with Crippen molar-refractivity contribution in [1.82, 2.24) is 0 Å². The number of fused-ring (bicyclic) bond motifs is 1. The summed E-state index contributed by atoms with van der Waals surface area (Å²) in [6.07, 6.45) is -1.30. The molecule has 0 aliphatic heterocycles. The Labute approximate surface area is 128 Å². The van der Waals surface area contributed by atoms with Crippen molar-refractivity contribution in [3.05, 3.63) is 65.2 Å². The molecule has 1 aliphatic rings. The van der Waals surface area contributed by atoms with Gasteiger partial charge in [-0.25, -0.2) is 0 Å². The van der Waals surface area contributed by atoms with Crippen LogP contribution in [0.1, 0.15) is 33.2 Å². The van der Waals surface area contributed by atoms with Crippen molar-refractivity contribution in [2.75, 3.05) is 0 Å². The fourth-order valence-electron chi connectivity index (χ4n) is 2.61. The molecule has 0 saturated heterocycles. The van der Waals surface area contributed by atoms with Gasteiger partial charge in [0.1, 0.15) is 18.5 Å². The maximum atomic E-state index is 12.3. The van der Waals surface area contributed by atoms with Gasteiger partial charge in [-0.1, -0.05) is 49.4 Å². The number of aliphatic hydroxyl groups is 1. The van der Waals surface area contributed by atoms with Crippen molar-refractivity contribution in [2.45, 2.75) is 19.6 Å². The summed E-state index contributed by atoms with van der Waals surface area (Å²) in [4.78, 5) is 24.6. The standard InChI is InChI=1S/C18H16O4/c1-11-16(19)13-8-5-9-14(15(13)18(21)17(11)20)22-10-12-6-3-2-4-7-12/h2-9,11,17,20H,10H2,1H3/t11-,17-/m1/s1. The molecule has 0 unspecified atom stereocenters. The first-order valence-corrected chi connectivity index (χ1v) is 7.16. The zero-order valence-electron chi connectivity index (χ0n) is 12.2. The van der Waals surface area contributed by atoms with Crippen LogP contribution in [0.25, 0.3) is 0 Å². The molecule has 4 nitrogen and oxygen atoms in total. The topological polar surface area (TPSA) is 63.6 Å². The van der Waals surface area contributed by atoms with Gasteiger partial charge in [-0.05, 0) is 11.6 Å². The summed E-state index contributed by atoms with van der Waals surface area (Å²) in [5.41, 5.74) is 1.48. The van der Waals surface area contributed by atoms with Crippen molar-refractivity contribution < 1.29 is 19.4 Å². The van der Waals surface area contributed by atoms with E-state index < -0.39 is 17.8 Å². The maximum Gasteiger partial charge on any atom is 0.196 e. The first-order valence-electron chi connectivity index (χ1n) is 7.16. The highest BCUT2D eigenvalue weighted by molar-refractivity contribution is 6.18. The summed E-state index contributed by atoms with van der Waals surface area (Å²) in [7, 11) is 0. The second-order valence-electron chi connectivity index (χ2n) is 5.41. The summed E-state index contributed by atoms with van der Waals surface area (Å²) in [5.74, 6) is -1.06. The maximum absolute atomic E-state index is 12.3. The Balaban J connectivity index is 1.94. The quantitative estimate of drug-likeness (QED) is 0.945. The minimum absolute atomic E-state index is 0.189. The number of hydrogen-bond donors (Lipinski definition) is 1. The number of carbonyl (C=O) groups excluding carboxylic acids is 2. The van der Waals surface area contributed by atoms with E-state index in [1.807, 2.05) is 30.3 Å². The molecular formula is C18H16O4. The van der Waals surface area contributed by atoms with Gasteiger partial charge < -0.3 is 9.84 Å². The summed E-state index contributed by atoms with van der Waals surface area (Å²) >= 11 is 0. The van der Waals surface area contributed by atoms with Crippen LogP contribution in [0.3, 0.4) is 0 Å². The van der Waals surface area contributed by atoms with Gasteiger partial charge in [-0.15, -0.1) is 0 Å². The molecule has 22 heavy (non-hydrogen) atoms. The molecule has 0 aromatic heterocycles. The summed E-state index contributed by atoms with van der Waals surface area (Å²) in [6, 6.07) is 14.5. The predicted molar refractivity (Wildman–Crippen MR) is 81.0 cm³/mol. The molecule has 0 bridgehead atoms. The van der Waals surface area contributed by atoms with Crippen LogP contribution in [-0.4, -0.2) is 22.8 Å². The number of ether oxygens (including phenoxy) is 1. The second-order valence-corrected chi connectivity index (χ2v) is 5.41. The van der Waals surface area contributed by atoms with Crippen LogP contribution in [0.15, 0.2) is 48.5 Å². The molecule has 2 aromatic carbocycles. The Hall–Kier alpha value is -2.46. The van der Waals surface area contributed by atoms with E-state index in [2.05, 4.69) is 0 Å². The van der Waals surface area contributed by atoms with Gasteiger partial charge in [0.05, 0.1) is 11.5 Å². The zero-order valence-corrected chi connectivity index (χ0v) is 12.2. The van der Waals surface area contributed by atoms with E-state index in [-0.39, 0.29) is 11.3 Å². The molecule has 1 N–H and O–H groups in total. The second kappa shape index (κ2) is 5.73. The first-order chi connectivity index (χ1) is 10.6. The lowest BCUT2D eigenvalue weighted by Crippen LogP contribution is -2.39. The van der Waals surface area contributed by atoms with Crippen molar-refractivity contribution in [2.24, 2.45) is 5.92 Å². The molecule has 4 heteroatoms. The van der Waals surface area contributed by atoms with E-state index >= 15 is 0 Å². The summed E-state index contributed by atoms with van der Waals surface area (Å²) < 4.78 is 5.71. The van der Waals surface area contributed by atoms with Crippen molar-refractivity contribution in [3.63, 3.8) is 0 Å². The monoisotopic (exact) mass is 296 g/mol. The number of ketones is 2. The lowest BCUT2D eigenvalue weighted by molar-refractivity contribution is 0.0523. The van der Waals surface area contributed by atoms with Gasteiger partial charge in [0, 0.05) is 5.56 Å². The highest BCUT2D eigenvalue weighted by Crippen LogP contribution is 2.32. The highest BCUT2D eigenvalue weighted by Gasteiger charge is 2.39. The van der Waals surface area contributed by atoms with Crippen LogP contribution in [-0.2, 0) is 6.61 Å². The lowest BCUT2D eigenvalue weighted by Gasteiger charge is -2.25. The van der Waals surface area contributed by atoms with E-state index in [0.29, 0.717) is 17.9 Å². The minimum Gasteiger partial charge on any atom is -0.488 e. The van der Waals surface area contributed by atoms with Crippen molar-refractivity contribution in [3.8, 4) is 5.75 Å². The number of benzene rings is 2. The summed E-state index contributed by atoms with van der Waals surface area (Å²) in [5, 5.41) is 9.95. The van der Waals surface area contributed by atoms with E-state index in [0.717, 1.165) is 5.56 Å². The average molecular weight is 296 g/mol. The van der Waals surface area contributed by atoms with Crippen LogP contribution in [0, 0.1) is 5.92 Å². The minimum atomic E-state index is -1.30. The molecule has 0 spiro atoms. The number of aliphatic hydroxyl groups excluding tert-OH is 1. The Kier molecular flexibility index (Phi) is 3.77. The predicted octanol–water partition coefficient (Wildman–Crippen LogP) is 2.64. The van der Waals surface area contributed by atoms with Crippen LogP contribution in [0.5, 0.6) is 5.75 Å². The molecule has 1 aliphatic carbocycles. The number of hydrogen-bond acceptors (Lipinski definition) is 4. The molecule has 0 amide bonds. The number of Topliss-reactive ketones (excluding diaryl/α,β-unsaturated/α-hetero) is 2. The van der Waals surface area contributed by atoms with Crippen molar-refractivity contribution >= 4 is 11.6 Å². The first kappa shape index (κ1) is 14.5. The normalized spacial score (nSPS) is 20.6. The van der Waals surface area contributed by atoms with Gasteiger partial charge in [-0.2, -0.15) is 0 Å². The fourth-order valence-corrected chi connectivity index (χ4v) is 2.61. The molecule has 0 heterocycles. The van der Waals surface area contributed by atoms with Crippen LogP contribution in [0.4, 0.5) is 0 Å². The molecule has 2 aromatic rings. The third-order valence-corrected chi connectivity index (χ3v) is 3.93. The highest BCUT2D eigenvalue weighted by atomic mass is 16.5. The Bertz CT molecular complexity index is 721. The molecular weight excluding hydrogens is 280 g/mol. The molecule has 0 radical (unpaired) electrons. The average Bonchev–Trinajstić information content (AvgIpc) is 2.56. The van der Waals surface area contributed by atoms with Crippen LogP contribution in [0.2, 0.25) is 0 Å². The van der Waals surface area contributed by atoms with Crippen molar-refractivity contribution in [1.29, 1.82) is 0 Å². The molecule has 2 atom stereocenters. The molecule has 0 saturated carbocycles. The van der Waals surface area contributed by atoms with E-state index in [1.54, 1.807) is 25.1 Å². The van der Waals surface area contributed by atoms with E-state index in [9.17, 15) is 14.7 Å². The van der Waals surface area contributed by atoms with Crippen LogP contribution < -0.4 is 4.74 Å². The van der Waals surface area contributed by atoms with Gasteiger partial charge in [0.15, 0.2) is 11.6 Å². The third-order valence-electron chi connectivity index (χ3n) is 3.93. The fraction of sp³-hybridized carbons (Fsp3) is 0.222. The summed E-state index contributed by atoms with van der Waals surface area (Å²) in [6.45, 7) is 1.86. The Morgan fingerprint density at radius 2 is 1.73 bits per heavy atom. The molecule has 0 fully saturated rings. The van der Waals surface area contributed by atoms with Gasteiger partial charge in [0.2, 0.25) is 0 Å². The largest absolute Gasteiger partial charge is 0.488 e. The zero-order chi connectivity index (χ0) is 15.7. The Morgan fingerprint density at radius 3 is 2.45 bits per heavy atom. The Morgan fingerprint density at radius 1 is 1.00 bits per heavy atom. The third kappa shape index (κ3) is 2.42. The van der Waals surface area contributed by atoms with E-state index in [4.69, 9.17) is 4.74 Å². The van der Waals surface area contributed by atoms with Gasteiger partial charge in [0.25, 0.3) is 0 Å². The SMILES string of the molecule is C[C@@H]1C(=O)c2cccc(OCc3ccccc3)c2C(=O)[C@@H]1O. The number of rotatable bonds is 3. The van der Waals surface area contributed by atoms with Gasteiger partial charge >= 0.3 is 0 Å². The molecule has 3 rings (SSSR count). The van der Waals surface area contributed by atoms with Crippen LogP contribution >= 0.6 is 0 Å².